The first-order valence-corrected chi connectivity index (χ1v) is 10.3. The Kier molecular flexibility index (Phi) is 5.78. The highest BCUT2D eigenvalue weighted by atomic mass is 16.5. The third-order valence-electron chi connectivity index (χ3n) is 5.60. The van der Waals surface area contributed by atoms with Gasteiger partial charge in [-0.15, -0.1) is 5.10 Å². The van der Waals surface area contributed by atoms with Gasteiger partial charge < -0.3 is 15.0 Å². The fourth-order valence-corrected chi connectivity index (χ4v) is 4.04. The normalized spacial score (nSPS) is 23.6. The van der Waals surface area contributed by atoms with Crippen LogP contribution in [0, 0.1) is 0 Å². The van der Waals surface area contributed by atoms with Crippen LogP contribution in [0.25, 0.3) is 0 Å². The average molecular weight is 397 g/mol. The number of rotatable bonds is 0. The van der Waals surface area contributed by atoms with Crippen LogP contribution in [0.3, 0.4) is 0 Å². The van der Waals surface area contributed by atoms with Crippen molar-refractivity contribution in [3.63, 3.8) is 0 Å². The molecule has 29 heavy (non-hydrogen) atoms. The zero-order valence-corrected chi connectivity index (χ0v) is 16.7. The Morgan fingerprint density at radius 1 is 1.21 bits per heavy atom. The quantitative estimate of drug-likeness (QED) is 0.732. The molecule has 3 aliphatic rings. The lowest BCUT2D eigenvalue weighted by atomic mass is 9.97. The minimum atomic E-state index is 0.00607. The molecule has 5 rings (SSSR count). The van der Waals surface area contributed by atoms with Crippen LogP contribution in [-0.4, -0.2) is 56.9 Å². The molecule has 0 unspecified atom stereocenters. The number of fused-ring (bicyclic) bond motifs is 8. The minimum absolute atomic E-state index is 0.00607. The molecule has 8 nitrogen and oxygen atoms in total. The molecule has 2 atom stereocenters. The first-order chi connectivity index (χ1) is 14.1. The van der Waals surface area contributed by atoms with Crippen LogP contribution < -0.4 is 10.1 Å². The van der Waals surface area contributed by atoms with Crippen molar-refractivity contribution in [1.29, 1.82) is 0 Å². The number of piperidine rings is 1. The third kappa shape index (κ3) is 4.75. The van der Waals surface area contributed by atoms with E-state index < -0.39 is 0 Å². The molecule has 1 N–H and O–H groups in total. The molecular weight excluding hydrogens is 370 g/mol. The summed E-state index contributed by atoms with van der Waals surface area (Å²) in [6, 6.07) is 7.50. The van der Waals surface area contributed by atoms with Crippen molar-refractivity contribution in [2.45, 2.75) is 57.7 Å². The van der Waals surface area contributed by atoms with Crippen LogP contribution >= 0.6 is 0 Å². The number of carbonyl (C=O) groups excluding carboxylic acids is 2. The molecule has 1 saturated heterocycles. The molecule has 2 aromatic rings. The van der Waals surface area contributed by atoms with Crippen molar-refractivity contribution < 1.29 is 14.3 Å². The van der Waals surface area contributed by atoms with E-state index in [0.717, 1.165) is 31.4 Å². The van der Waals surface area contributed by atoms with Gasteiger partial charge in [0.2, 0.25) is 5.91 Å². The molecule has 154 valence electrons. The number of nitrogens with zero attached hydrogens (tertiary/aromatic N) is 4. The van der Waals surface area contributed by atoms with Crippen molar-refractivity contribution >= 4 is 11.8 Å². The van der Waals surface area contributed by atoms with E-state index >= 15 is 0 Å². The molecule has 8 heteroatoms. The van der Waals surface area contributed by atoms with Crippen LogP contribution in [0.4, 0.5) is 0 Å². The lowest BCUT2D eigenvalue weighted by Gasteiger charge is -2.38. The summed E-state index contributed by atoms with van der Waals surface area (Å²) in [5.41, 5.74) is 1.50. The number of carbonyl (C=O) groups is 2. The summed E-state index contributed by atoms with van der Waals surface area (Å²) in [7, 11) is 0. The zero-order valence-electron chi connectivity index (χ0n) is 16.7. The van der Waals surface area contributed by atoms with E-state index in [2.05, 4.69) is 15.6 Å². The topological polar surface area (TPSA) is 89.3 Å². The second-order valence-electron chi connectivity index (χ2n) is 7.84. The van der Waals surface area contributed by atoms with Crippen molar-refractivity contribution in [3.05, 3.63) is 41.7 Å². The predicted octanol–water partition coefficient (Wildman–Crippen LogP) is 1.80. The summed E-state index contributed by atoms with van der Waals surface area (Å²) in [5.74, 6) is 0.740. The Balaban J connectivity index is 1.53. The van der Waals surface area contributed by atoms with Gasteiger partial charge in [0, 0.05) is 36.8 Å². The van der Waals surface area contributed by atoms with Gasteiger partial charge in [-0.2, -0.15) is 0 Å². The van der Waals surface area contributed by atoms with Gasteiger partial charge in [-0.25, -0.2) is 4.68 Å². The van der Waals surface area contributed by atoms with E-state index in [9.17, 15) is 9.59 Å². The molecule has 0 aliphatic carbocycles. The summed E-state index contributed by atoms with van der Waals surface area (Å²) < 4.78 is 7.57. The molecule has 1 fully saturated rings. The molecule has 2 amide bonds. The van der Waals surface area contributed by atoms with Crippen molar-refractivity contribution in [3.8, 4) is 5.75 Å². The maximum Gasteiger partial charge on any atom is 0.254 e. The zero-order chi connectivity index (χ0) is 20.2. The van der Waals surface area contributed by atoms with Crippen LogP contribution in [0.2, 0.25) is 0 Å². The van der Waals surface area contributed by atoms with Gasteiger partial charge in [-0.3, -0.25) is 9.59 Å². The number of aryl methyl sites for hydroxylation is 1. The molecule has 4 heterocycles. The number of ether oxygens (including phenoxy) is 1. The highest BCUT2D eigenvalue weighted by Crippen LogP contribution is 2.22. The van der Waals surface area contributed by atoms with Crippen LogP contribution in [0.1, 0.15) is 48.7 Å². The Morgan fingerprint density at radius 2 is 2.10 bits per heavy atom. The largest absolute Gasteiger partial charge is 0.492 e. The van der Waals surface area contributed by atoms with Gasteiger partial charge >= 0.3 is 0 Å². The van der Waals surface area contributed by atoms with E-state index in [0.29, 0.717) is 37.4 Å². The van der Waals surface area contributed by atoms with Crippen molar-refractivity contribution in [1.82, 2.24) is 25.2 Å². The second kappa shape index (κ2) is 8.63. The molecule has 1 aromatic heterocycles. The van der Waals surface area contributed by atoms with Crippen molar-refractivity contribution in [2.75, 3.05) is 13.2 Å². The van der Waals surface area contributed by atoms with Gasteiger partial charge in [0.1, 0.15) is 12.4 Å². The van der Waals surface area contributed by atoms with E-state index in [1.165, 1.54) is 0 Å². The second-order valence-corrected chi connectivity index (χ2v) is 7.84. The molecular formula is C21H27N5O3. The first-order valence-electron chi connectivity index (χ1n) is 10.3. The predicted molar refractivity (Wildman–Crippen MR) is 107 cm³/mol. The van der Waals surface area contributed by atoms with Gasteiger partial charge in [0.25, 0.3) is 5.91 Å². The van der Waals surface area contributed by atoms with E-state index in [1.54, 1.807) is 10.7 Å². The van der Waals surface area contributed by atoms with E-state index in [1.807, 2.05) is 36.2 Å². The van der Waals surface area contributed by atoms with E-state index in [-0.39, 0.29) is 23.9 Å². The number of aromatic nitrogens is 3. The lowest BCUT2D eigenvalue weighted by Crippen LogP contribution is -2.50. The van der Waals surface area contributed by atoms with Gasteiger partial charge in [-0.05, 0) is 50.8 Å². The summed E-state index contributed by atoms with van der Waals surface area (Å²) in [4.78, 5) is 27.2. The van der Waals surface area contributed by atoms with Crippen LogP contribution in [0.15, 0.2) is 30.5 Å². The van der Waals surface area contributed by atoms with Crippen LogP contribution in [-0.2, 0) is 17.8 Å². The SMILES string of the molecule is C[C@@H]1C[C@@H]2CCN1C(=O)c1cccc(c1)OCCn1cc(nn1)CCCC(=O)N2. The highest BCUT2D eigenvalue weighted by molar-refractivity contribution is 5.95. The minimum Gasteiger partial charge on any atom is -0.492 e. The number of hydrogen-bond donors (Lipinski definition) is 1. The maximum absolute atomic E-state index is 13.0. The van der Waals surface area contributed by atoms with Crippen LogP contribution in [0.5, 0.6) is 5.75 Å². The fourth-order valence-electron chi connectivity index (χ4n) is 4.04. The number of benzene rings is 1. The fraction of sp³-hybridized carbons (Fsp3) is 0.524. The Bertz CT molecular complexity index is 881. The number of nitrogens with one attached hydrogen (secondary N) is 1. The molecule has 0 saturated carbocycles. The summed E-state index contributed by atoms with van der Waals surface area (Å²) in [6.07, 6.45) is 5.36. The molecule has 3 aliphatic heterocycles. The van der Waals surface area contributed by atoms with Crippen molar-refractivity contribution in [2.24, 2.45) is 0 Å². The Hall–Kier alpha value is -2.90. The van der Waals surface area contributed by atoms with Gasteiger partial charge in [0.05, 0.1) is 12.2 Å². The average Bonchev–Trinajstić information content (AvgIpc) is 3.15. The first kappa shape index (κ1) is 19.4. The molecule has 0 radical (unpaired) electrons. The molecule has 6 bridgehead atoms. The van der Waals surface area contributed by atoms with Gasteiger partial charge in [-0.1, -0.05) is 11.3 Å². The smallest absolute Gasteiger partial charge is 0.254 e. The number of amides is 2. The molecule has 0 spiro atoms. The van der Waals surface area contributed by atoms with E-state index in [4.69, 9.17) is 4.74 Å². The third-order valence-corrected chi connectivity index (χ3v) is 5.60. The Labute approximate surface area is 170 Å². The standard InChI is InChI=1S/C21H27N5O3/c1-15-12-17-8-9-26(15)21(28)16-4-2-6-19(13-16)29-11-10-25-14-18(23-24-25)5-3-7-20(27)22-17/h2,4,6,13-15,17H,3,5,7-12H2,1H3,(H,22,27)/t15-,17+/m1/s1. The molecule has 1 aromatic carbocycles. The Morgan fingerprint density at radius 3 is 2.97 bits per heavy atom. The summed E-state index contributed by atoms with van der Waals surface area (Å²) >= 11 is 0. The number of hydrogen-bond acceptors (Lipinski definition) is 5. The monoisotopic (exact) mass is 397 g/mol. The summed E-state index contributed by atoms with van der Waals surface area (Å²) in [5, 5.41) is 11.4. The van der Waals surface area contributed by atoms with Gasteiger partial charge in [0.15, 0.2) is 0 Å². The maximum atomic E-state index is 13.0. The summed E-state index contributed by atoms with van der Waals surface area (Å²) in [6.45, 7) is 3.68. The highest BCUT2D eigenvalue weighted by Gasteiger charge is 2.30. The lowest BCUT2D eigenvalue weighted by molar-refractivity contribution is -0.122.